The van der Waals surface area contributed by atoms with Crippen molar-refractivity contribution in [3.63, 3.8) is 0 Å². The number of hydrogen-bond donors (Lipinski definition) is 0. The number of halogens is 1. The van der Waals surface area contributed by atoms with Gasteiger partial charge in [0.15, 0.2) is 5.65 Å². The van der Waals surface area contributed by atoms with Crippen LogP contribution in [-0.4, -0.2) is 19.6 Å². The van der Waals surface area contributed by atoms with Crippen LogP contribution in [0.3, 0.4) is 0 Å². The van der Waals surface area contributed by atoms with E-state index in [1.807, 2.05) is 0 Å². The van der Waals surface area contributed by atoms with Crippen LogP contribution < -0.4 is 4.74 Å². The molecule has 0 amide bonds. The number of hydrogen-bond acceptors (Lipinski definition) is 4. The molecule has 2 aromatic heterocycles. The van der Waals surface area contributed by atoms with E-state index in [0.717, 1.165) is 0 Å². The maximum Gasteiger partial charge on any atom is 0.224 e. The number of benzene rings is 1. The van der Waals surface area contributed by atoms with Crippen LogP contribution in [-0.2, 0) is 0 Å². The third-order valence-corrected chi connectivity index (χ3v) is 2.45. The van der Waals surface area contributed by atoms with Crippen LogP contribution in [0.5, 0.6) is 11.6 Å². The second-order valence-corrected chi connectivity index (χ2v) is 3.82. The molecule has 5 nitrogen and oxygen atoms in total. The quantitative estimate of drug-likeness (QED) is 0.697. The molecule has 84 valence electrons. The molecule has 0 N–H and O–H groups in total. The summed E-state index contributed by atoms with van der Waals surface area (Å²) in [5.41, 5.74) is 0.684. The average molecular weight is 247 g/mol. The molecular formula is C11H7ClN4O. The molecule has 0 saturated carbocycles. The molecule has 0 atom stereocenters. The first-order valence-electron chi connectivity index (χ1n) is 4.90. The van der Waals surface area contributed by atoms with E-state index >= 15 is 0 Å². The Morgan fingerprint density at radius 3 is 2.76 bits per heavy atom. The molecule has 2 heterocycles. The molecule has 3 aromatic rings. The Labute approximate surface area is 102 Å². The maximum atomic E-state index is 5.79. The average Bonchev–Trinajstić information content (AvgIpc) is 2.79. The highest BCUT2D eigenvalue weighted by atomic mass is 35.5. The molecule has 0 saturated heterocycles. The summed E-state index contributed by atoms with van der Waals surface area (Å²) in [5.74, 6) is 1.14. The molecule has 0 unspecified atom stereocenters. The number of nitrogens with zero attached hydrogens (tertiary/aromatic N) is 4. The van der Waals surface area contributed by atoms with E-state index in [1.54, 1.807) is 47.4 Å². The van der Waals surface area contributed by atoms with Gasteiger partial charge in [-0.3, -0.25) is 4.40 Å². The fraction of sp³-hybridized carbons (Fsp3) is 0. The van der Waals surface area contributed by atoms with Crippen LogP contribution in [0.25, 0.3) is 5.65 Å². The second-order valence-electron chi connectivity index (χ2n) is 3.38. The Morgan fingerprint density at radius 1 is 1.12 bits per heavy atom. The van der Waals surface area contributed by atoms with E-state index in [1.165, 1.54) is 0 Å². The molecule has 1 aromatic carbocycles. The summed E-state index contributed by atoms with van der Waals surface area (Å²) in [6.07, 6.45) is 3.18. The lowest BCUT2D eigenvalue weighted by Crippen LogP contribution is -1.91. The smallest absolute Gasteiger partial charge is 0.224 e. The van der Waals surface area contributed by atoms with Gasteiger partial charge in [-0.2, -0.15) is 0 Å². The van der Waals surface area contributed by atoms with Gasteiger partial charge >= 0.3 is 0 Å². The number of ether oxygens (including phenoxy) is 1. The van der Waals surface area contributed by atoms with Gasteiger partial charge in [0, 0.05) is 11.1 Å². The van der Waals surface area contributed by atoms with Crippen molar-refractivity contribution in [2.75, 3.05) is 0 Å². The van der Waals surface area contributed by atoms with Gasteiger partial charge in [0.2, 0.25) is 5.88 Å². The maximum absolute atomic E-state index is 5.79. The lowest BCUT2D eigenvalue weighted by molar-refractivity contribution is 0.462. The SMILES string of the molecule is Clc1ccc(Oc2cc3nncn3cn2)cc1. The molecule has 0 spiro atoms. The Hall–Kier alpha value is -2.14. The van der Waals surface area contributed by atoms with Crippen LogP contribution in [0.2, 0.25) is 5.02 Å². The van der Waals surface area contributed by atoms with E-state index in [0.29, 0.717) is 22.3 Å². The van der Waals surface area contributed by atoms with E-state index < -0.39 is 0 Å². The normalized spacial score (nSPS) is 10.6. The number of aromatic nitrogens is 4. The van der Waals surface area contributed by atoms with Crippen LogP contribution in [0, 0.1) is 0 Å². The number of fused-ring (bicyclic) bond motifs is 1. The molecule has 0 aliphatic carbocycles. The van der Waals surface area contributed by atoms with E-state index in [2.05, 4.69) is 15.2 Å². The highest BCUT2D eigenvalue weighted by molar-refractivity contribution is 6.30. The zero-order valence-electron chi connectivity index (χ0n) is 8.62. The van der Waals surface area contributed by atoms with Crippen molar-refractivity contribution in [2.45, 2.75) is 0 Å². The highest BCUT2D eigenvalue weighted by Crippen LogP contribution is 2.21. The third-order valence-electron chi connectivity index (χ3n) is 2.20. The Balaban J connectivity index is 1.91. The van der Waals surface area contributed by atoms with Gasteiger partial charge in [-0.05, 0) is 24.3 Å². The number of rotatable bonds is 2. The van der Waals surface area contributed by atoms with Gasteiger partial charge in [-0.25, -0.2) is 4.98 Å². The largest absolute Gasteiger partial charge is 0.439 e. The topological polar surface area (TPSA) is 52.3 Å². The summed E-state index contributed by atoms with van der Waals surface area (Å²) >= 11 is 5.79. The van der Waals surface area contributed by atoms with Gasteiger partial charge in [0.1, 0.15) is 18.4 Å². The molecule has 0 bridgehead atoms. The monoisotopic (exact) mass is 246 g/mol. The molecule has 0 radical (unpaired) electrons. The minimum Gasteiger partial charge on any atom is -0.439 e. The molecule has 0 aliphatic heterocycles. The molecular weight excluding hydrogens is 240 g/mol. The fourth-order valence-electron chi connectivity index (χ4n) is 1.39. The van der Waals surface area contributed by atoms with Gasteiger partial charge in [-0.1, -0.05) is 11.6 Å². The summed E-state index contributed by atoms with van der Waals surface area (Å²) in [6, 6.07) is 8.77. The van der Waals surface area contributed by atoms with Crippen LogP contribution in [0.4, 0.5) is 0 Å². The lowest BCUT2D eigenvalue weighted by Gasteiger charge is -2.04. The minimum absolute atomic E-state index is 0.466. The zero-order valence-corrected chi connectivity index (χ0v) is 9.37. The Kier molecular flexibility index (Phi) is 2.38. The first-order chi connectivity index (χ1) is 8.31. The summed E-state index contributed by atoms with van der Waals surface area (Å²) in [5, 5.41) is 8.33. The Morgan fingerprint density at radius 2 is 1.94 bits per heavy atom. The van der Waals surface area contributed by atoms with Crippen molar-refractivity contribution in [2.24, 2.45) is 0 Å². The lowest BCUT2D eigenvalue weighted by atomic mass is 10.3. The second kappa shape index (κ2) is 4.03. The Bertz CT molecular complexity index is 650. The standard InChI is InChI=1S/C11H7ClN4O/c12-8-1-3-9(4-2-8)17-11-5-10-15-14-7-16(10)6-13-11/h1-7H. The van der Waals surface area contributed by atoms with E-state index in [-0.39, 0.29) is 0 Å². The summed E-state index contributed by atoms with van der Waals surface area (Å²) < 4.78 is 7.26. The van der Waals surface area contributed by atoms with Crippen LogP contribution >= 0.6 is 11.6 Å². The van der Waals surface area contributed by atoms with Gasteiger partial charge in [-0.15, -0.1) is 10.2 Å². The van der Waals surface area contributed by atoms with E-state index in [9.17, 15) is 0 Å². The van der Waals surface area contributed by atoms with Crippen molar-refractivity contribution in [1.82, 2.24) is 19.6 Å². The van der Waals surface area contributed by atoms with Crippen molar-refractivity contribution < 1.29 is 4.74 Å². The minimum atomic E-state index is 0.466. The predicted octanol–water partition coefficient (Wildman–Crippen LogP) is 2.57. The highest BCUT2D eigenvalue weighted by Gasteiger charge is 2.02. The first-order valence-corrected chi connectivity index (χ1v) is 5.28. The van der Waals surface area contributed by atoms with Crippen LogP contribution in [0.1, 0.15) is 0 Å². The third kappa shape index (κ3) is 2.05. The first kappa shape index (κ1) is 10.0. The summed E-state index contributed by atoms with van der Waals surface area (Å²) in [7, 11) is 0. The summed E-state index contributed by atoms with van der Waals surface area (Å²) in [6.45, 7) is 0. The van der Waals surface area contributed by atoms with Gasteiger partial charge in [0.25, 0.3) is 0 Å². The molecule has 0 fully saturated rings. The molecule has 17 heavy (non-hydrogen) atoms. The molecule has 6 heteroatoms. The summed E-state index contributed by atoms with van der Waals surface area (Å²) in [4.78, 5) is 4.12. The van der Waals surface area contributed by atoms with Crippen molar-refractivity contribution >= 4 is 17.2 Å². The van der Waals surface area contributed by atoms with E-state index in [4.69, 9.17) is 16.3 Å². The van der Waals surface area contributed by atoms with Crippen molar-refractivity contribution in [3.05, 3.63) is 48.0 Å². The van der Waals surface area contributed by atoms with Gasteiger partial charge in [0.05, 0.1) is 0 Å². The van der Waals surface area contributed by atoms with Crippen molar-refractivity contribution in [3.8, 4) is 11.6 Å². The predicted molar refractivity (Wildman–Crippen MR) is 62.3 cm³/mol. The molecule has 3 rings (SSSR count). The van der Waals surface area contributed by atoms with Gasteiger partial charge < -0.3 is 4.74 Å². The van der Waals surface area contributed by atoms with Crippen LogP contribution in [0.15, 0.2) is 43.0 Å². The van der Waals surface area contributed by atoms with Crippen molar-refractivity contribution in [1.29, 1.82) is 0 Å². The molecule has 0 aliphatic rings. The fourth-order valence-corrected chi connectivity index (χ4v) is 1.52. The zero-order chi connectivity index (χ0) is 11.7.